The number of pyridine rings is 1. The van der Waals surface area contributed by atoms with Gasteiger partial charge in [-0.05, 0) is 30.2 Å². The van der Waals surface area contributed by atoms with Crippen LogP contribution in [0.2, 0.25) is 0 Å². The summed E-state index contributed by atoms with van der Waals surface area (Å²) in [4.78, 5) is 28.3. The Morgan fingerprint density at radius 1 is 1.28 bits per heavy atom. The second kappa shape index (κ2) is 7.06. The van der Waals surface area contributed by atoms with Gasteiger partial charge in [0.1, 0.15) is 5.75 Å². The first kappa shape index (κ1) is 19.2. The van der Waals surface area contributed by atoms with Gasteiger partial charge in [0.05, 0.1) is 11.8 Å². The van der Waals surface area contributed by atoms with E-state index in [4.69, 9.17) is 0 Å². The van der Waals surface area contributed by atoms with E-state index in [2.05, 4.69) is 20.5 Å². The maximum Gasteiger partial charge on any atom is 0.345 e. The number of hydrogen-bond donors (Lipinski definition) is 4. The standard InChI is InChI=1S/C21H23N3O5/c1-3-15-18(22-20(27)17(19(15)26)21(28)29)11-4-5-16-12(6-11)7-13(23(16)2)8-24-9-14(25)10-24/h4-7,14,25H,3,8-10H2,1-2H3,(H,28,29)(H2,22,26,27). The zero-order valence-electron chi connectivity index (χ0n) is 16.3. The van der Waals surface area contributed by atoms with Crippen LogP contribution >= 0.6 is 0 Å². The number of aliphatic hydroxyl groups excluding tert-OH is 1. The molecular weight excluding hydrogens is 374 g/mol. The van der Waals surface area contributed by atoms with Crippen LogP contribution in [0.1, 0.15) is 28.5 Å². The number of fused-ring (bicyclic) bond motifs is 1. The van der Waals surface area contributed by atoms with Crippen molar-refractivity contribution in [2.75, 3.05) is 13.1 Å². The van der Waals surface area contributed by atoms with Crippen LogP contribution < -0.4 is 5.56 Å². The van der Waals surface area contributed by atoms with Crippen LogP contribution in [0.25, 0.3) is 22.2 Å². The summed E-state index contributed by atoms with van der Waals surface area (Å²) in [6.07, 6.45) is 0.121. The van der Waals surface area contributed by atoms with Crippen molar-refractivity contribution in [3.05, 3.63) is 51.4 Å². The smallest absolute Gasteiger partial charge is 0.345 e. The predicted molar refractivity (Wildman–Crippen MR) is 108 cm³/mol. The van der Waals surface area contributed by atoms with E-state index in [-0.39, 0.29) is 6.10 Å². The van der Waals surface area contributed by atoms with Crippen LogP contribution in [0.4, 0.5) is 0 Å². The van der Waals surface area contributed by atoms with Gasteiger partial charge in [-0.1, -0.05) is 13.0 Å². The molecule has 1 fully saturated rings. The highest BCUT2D eigenvalue weighted by Gasteiger charge is 2.25. The molecule has 0 spiro atoms. The molecule has 0 saturated carbocycles. The van der Waals surface area contributed by atoms with Crippen LogP contribution in [-0.4, -0.2) is 54.9 Å². The van der Waals surface area contributed by atoms with E-state index >= 15 is 0 Å². The molecule has 4 rings (SSSR count). The van der Waals surface area contributed by atoms with E-state index in [9.17, 15) is 24.9 Å². The molecule has 0 bridgehead atoms. The van der Waals surface area contributed by atoms with Crippen molar-refractivity contribution in [3.63, 3.8) is 0 Å². The Morgan fingerprint density at radius 2 is 2.00 bits per heavy atom. The molecule has 1 aliphatic rings. The number of nitrogens with zero attached hydrogens (tertiary/aromatic N) is 2. The first-order chi connectivity index (χ1) is 13.8. The van der Waals surface area contributed by atoms with Crippen molar-refractivity contribution in [2.24, 2.45) is 7.05 Å². The zero-order valence-corrected chi connectivity index (χ0v) is 16.3. The number of benzene rings is 1. The summed E-state index contributed by atoms with van der Waals surface area (Å²) in [5.41, 5.74) is 2.20. The van der Waals surface area contributed by atoms with Crippen molar-refractivity contribution in [1.82, 2.24) is 14.5 Å². The lowest BCUT2D eigenvalue weighted by Crippen LogP contribution is -2.50. The number of likely N-dealkylation sites (tertiary alicyclic amines) is 1. The highest BCUT2D eigenvalue weighted by atomic mass is 16.4. The maximum atomic E-state index is 12.2. The number of aryl methyl sites for hydroxylation is 1. The van der Waals surface area contributed by atoms with E-state index in [1.54, 1.807) is 6.92 Å². The number of nitrogens with one attached hydrogen (secondary N) is 1. The molecule has 0 atom stereocenters. The number of hydrogen-bond acceptors (Lipinski definition) is 5. The Kier molecular flexibility index (Phi) is 4.68. The number of β-amino-alcohol motifs (C(OH)–C–C–N with tert-alkyl or cyclic N) is 1. The summed E-state index contributed by atoms with van der Waals surface area (Å²) in [5, 5.41) is 30.0. The molecule has 8 heteroatoms. The van der Waals surface area contributed by atoms with E-state index in [1.165, 1.54) is 0 Å². The molecule has 8 nitrogen and oxygen atoms in total. The minimum absolute atomic E-state index is 0.248. The highest BCUT2D eigenvalue weighted by Crippen LogP contribution is 2.32. The van der Waals surface area contributed by atoms with Crippen molar-refractivity contribution in [1.29, 1.82) is 0 Å². The fourth-order valence-corrected chi connectivity index (χ4v) is 4.03. The third kappa shape index (κ3) is 3.20. The number of carboxylic acids is 1. The molecule has 2 aromatic heterocycles. The fourth-order valence-electron chi connectivity index (χ4n) is 4.03. The number of aromatic hydroxyl groups is 1. The SMILES string of the molecule is CCc1c(-c2ccc3c(c2)cc(CN2CC(O)C2)n3C)[nH]c(=O)c(C(=O)O)c1O. The van der Waals surface area contributed by atoms with Gasteiger partial charge in [0, 0.05) is 48.8 Å². The molecule has 3 heterocycles. The Balaban J connectivity index is 1.79. The van der Waals surface area contributed by atoms with E-state index in [0.29, 0.717) is 36.3 Å². The maximum absolute atomic E-state index is 12.2. The fraction of sp³-hybridized carbons (Fsp3) is 0.333. The van der Waals surface area contributed by atoms with E-state index in [1.807, 2.05) is 25.2 Å². The Morgan fingerprint density at radius 3 is 2.62 bits per heavy atom. The molecule has 1 aliphatic heterocycles. The molecule has 3 aromatic rings. The van der Waals surface area contributed by atoms with Gasteiger partial charge in [0.2, 0.25) is 0 Å². The third-order valence-corrected chi connectivity index (χ3v) is 5.61. The lowest BCUT2D eigenvalue weighted by atomic mass is 9.99. The van der Waals surface area contributed by atoms with Crippen LogP contribution in [-0.2, 0) is 20.0 Å². The zero-order chi connectivity index (χ0) is 20.9. The van der Waals surface area contributed by atoms with Gasteiger partial charge in [-0.3, -0.25) is 9.69 Å². The lowest BCUT2D eigenvalue weighted by molar-refractivity contribution is -0.00391. The first-order valence-corrected chi connectivity index (χ1v) is 9.50. The van der Waals surface area contributed by atoms with Gasteiger partial charge >= 0.3 is 5.97 Å². The molecule has 0 unspecified atom stereocenters. The molecule has 0 radical (unpaired) electrons. The number of aliphatic hydroxyl groups is 1. The lowest BCUT2D eigenvalue weighted by Gasteiger charge is -2.35. The number of rotatable bonds is 5. The number of aromatic carboxylic acids is 1. The van der Waals surface area contributed by atoms with Gasteiger partial charge < -0.3 is 24.9 Å². The summed E-state index contributed by atoms with van der Waals surface area (Å²) in [6, 6.07) is 7.79. The van der Waals surface area contributed by atoms with Crippen LogP contribution in [0.5, 0.6) is 5.75 Å². The van der Waals surface area contributed by atoms with Crippen molar-refractivity contribution < 1.29 is 20.1 Å². The van der Waals surface area contributed by atoms with Crippen molar-refractivity contribution in [3.8, 4) is 17.0 Å². The van der Waals surface area contributed by atoms with Crippen LogP contribution in [0.15, 0.2) is 29.1 Å². The summed E-state index contributed by atoms with van der Waals surface area (Å²) >= 11 is 0. The van der Waals surface area contributed by atoms with Crippen molar-refractivity contribution in [2.45, 2.75) is 26.0 Å². The quantitative estimate of drug-likeness (QED) is 0.520. The second-order valence-corrected chi connectivity index (χ2v) is 7.51. The van der Waals surface area contributed by atoms with Gasteiger partial charge in [-0.25, -0.2) is 4.79 Å². The number of aromatic nitrogens is 2. The Labute approximate surface area is 166 Å². The summed E-state index contributed by atoms with van der Waals surface area (Å²) < 4.78 is 2.10. The predicted octanol–water partition coefficient (Wildman–Crippen LogP) is 1.68. The Hall–Kier alpha value is -3.10. The summed E-state index contributed by atoms with van der Waals surface area (Å²) in [7, 11) is 1.99. The molecule has 1 aromatic carbocycles. The van der Waals surface area contributed by atoms with E-state index < -0.39 is 22.8 Å². The number of carboxylic acid groups (broad SMARTS) is 1. The van der Waals surface area contributed by atoms with E-state index in [0.717, 1.165) is 23.1 Å². The van der Waals surface area contributed by atoms with Gasteiger partial charge in [0.25, 0.3) is 5.56 Å². The molecule has 29 heavy (non-hydrogen) atoms. The number of carbonyl (C=O) groups is 1. The molecular formula is C21H23N3O5. The summed E-state index contributed by atoms with van der Waals surface area (Å²) in [5.74, 6) is -1.94. The molecule has 0 aliphatic carbocycles. The molecule has 4 N–H and O–H groups in total. The second-order valence-electron chi connectivity index (χ2n) is 7.51. The number of aromatic amines is 1. The minimum atomic E-state index is -1.45. The average molecular weight is 397 g/mol. The van der Waals surface area contributed by atoms with Crippen LogP contribution in [0.3, 0.4) is 0 Å². The van der Waals surface area contributed by atoms with Crippen molar-refractivity contribution >= 4 is 16.9 Å². The Bertz CT molecular complexity index is 1170. The monoisotopic (exact) mass is 397 g/mol. The normalized spacial score (nSPS) is 15.0. The first-order valence-electron chi connectivity index (χ1n) is 9.50. The van der Waals surface area contributed by atoms with Gasteiger partial charge in [-0.2, -0.15) is 0 Å². The average Bonchev–Trinajstić information content (AvgIpc) is 2.95. The van der Waals surface area contributed by atoms with Gasteiger partial charge in [0.15, 0.2) is 5.56 Å². The largest absolute Gasteiger partial charge is 0.506 e. The molecule has 152 valence electrons. The van der Waals surface area contributed by atoms with Gasteiger partial charge in [-0.15, -0.1) is 0 Å². The topological polar surface area (TPSA) is 119 Å². The summed E-state index contributed by atoms with van der Waals surface area (Å²) in [6.45, 7) is 3.87. The highest BCUT2D eigenvalue weighted by molar-refractivity contribution is 5.92. The van der Waals surface area contributed by atoms with Crippen LogP contribution in [0, 0.1) is 0 Å². The molecule has 1 saturated heterocycles. The third-order valence-electron chi connectivity index (χ3n) is 5.61. The number of H-pyrrole nitrogens is 1. The minimum Gasteiger partial charge on any atom is -0.506 e. The molecule has 0 amide bonds.